The lowest BCUT2D eigenvalue weighted by molar-refractivity contribution is -0.119. The number of aliphatic hydroxyl groups excluding tert-OH is 1. The van der Waals surface area contributed by atoms with Crippen molar-refractivity contribution in [3.63, 3.8) is 0 Å². The van der Waals surface area contributed by atoms with E-state index >= 15 is 0 Å². The summed E-state index contributed by atoms with van der Waals surface area (Å²) in [7, 11) is 0. The van der Waals surface area contributed by atoms with E-state index in [-0.39, 0.29) is 24.7 Å². The Balaban J connectivity index is 1.76. The van der Waals surface area contributed by atoms with Crippen LogP contribution in [0.2, 0.25) is 0 Å². The number of nitrogens with one attached hydrogen (secondary N) is 1. The van der Waals surface area contributed by atoms with Crippen LogP contribution < -0.4 is 5.32 Å². The maximum Gasteiger partial charge on any atom is 0.220 e. The van der Waals surface area contributed by atoms with E-state index in [0.717, 1.165) is 26.1 Å². The topological polar surface area (TPSA) is 61.8 Å². The van der Waals surface area contributed by atoms with Crippen LogP contribution in [0.25, 0.3) is 0 Å². The second-order valence-corrected chi connectivity index (χ2v) is 4.24. The third-order valence-electron chi connectivity index (χ3n) is 2.99. The Morgan fingerprint density at radius 1 is 1.60 bits per heavy atom. The molecule has 2 rings (SSSR count). The smallest absolute Gasteiger partial charge is 0.220 e. The summed E-state index contributed by atoms with van der Waals surface area (Å²) in [6.07, 6.45) is 1.52. The number of carbonyl (C=O) groups is 1. The van der Waals surface area contributed by atoms with Gasteiger partial charge in [0.1, 0.15) is 0 Å². The van der Waals surface area contributed by atoms with Gasteiger partial charge in [-0.05, 0) is 6.42 Å². The Morgan fingerprint density at radius 2 is 2.47 bits per heavy atom. The zero-order valence-corrected chi connectivity index (χ0v) is 8.82. The second kappa shape index (κ2) is 4.92. The lowest BCUT2D eigenvalue weighted by atomic mass is 10.2. The van der Waals surface area contributed by atoms with Gasteiger partial charge in [0.15, 0.2) is 0 Å². The van der Waals surface area contributed by atoms with Gasteiger partial charge < -0.3 is 15.2 Å². The first-order chi connectivity index (χ1) is 7.28. The first-order valence-corrected chi connectivity index (χ1v) is 5.52. The quantitative estimate of drug-likeness (QED) is 0.630. The zero-order valence-electron chi connectivity index (χ0n) is 8.82. The molecule has 2 unspecified atom stereocenters. The van der Waals surface area contributed by atoms with Crippen molar-refractivity contribution in [3.8, 4) is 0 Å². The molecule has 0 aromatic rings. The molecule has 2 N–H and O–H groups in total. The summed E-state index contributed by atoms with van der Waals surface area (Å²) in [6, 6.07) is 0.287. The highest BCUT2D eigenvalue weighted by Crippen LogP contribution is 2.11. The molecule has 15 heavy (non-hydrogen) atoms. The molecule has 1 amide bonds. The fraction of sp³-hybridized carbons (Fsp3) is 0.900. The van der Waals surface area contributed by atoms with Crippen LogP contribution >= 0.6 is 0 Å². The Hall–Kier alpha value is -0.650. The maximum atomic E-state index is 11.0. The molecule has 0 aliphatic carbocycles. The van der Waals surface area contributed by atoms with Crippen LogP contribution in [0.3, 0.4) is 0 Å². The van der Waals surface area contributed by atoms with Gasteiger partial charge in [0.25, 0.3) is 0 Å². The minimum Gasteiger partial charge on any atom is -0.394 e. The molecule has 0 spiro atoms. The molecule has 0 saturated carbocycles. The molecular weight excluding hydrogens is 196 g/mol. The summed E-state index contributed by atoms with van der Waals surface area (Å²) in [6.45, 7) is 3.29. The summed E-state index contributed by atoms with van der Waals surface area (Å²) in [4.78, 5) is 13.3. The van der Waals surface area contributed by atoms with Crippen molar-refractivity contribution < 1.29 is 14.6 Å². The molecule has 0 bridgehead atoms. The van der Waals surface area contributed by atoms with E-state index in [0.29, 0.717) is 13.0 Å². The monoisotopic (exact) mass is 214 g/mol. The van der Waals surface area contributed by atoms with Crippen molar-refractivity contribution in [1.29, 1.82) is 0 Å². The highest BCUT2D eigenvalue weighted by molar-refractivity contribution is 5.78. The van der Waals surface area contributed by atoms with Gasteiger partial charge in [-0.25, -0.2) is 0 Å². The summed E-state index contributed by atoms with van der Waals surface area (Å²) in [5.41, 5.74) is 0. The highest BCUT2D eigenvalue weighted by Gasteiger charge is 2.26. The molecule has 2 aliphatic rings. The van der Waals surface area contributed by atoms with Crippen LogP contribution in [-0.2, 0) is 9.53 Å². The van der Waals surface area contributed by atoms with Crippen LogP contribution in [0.1, 0.15) is 12.8 Å². The first-order valence-electron chi connectivity index (χ1n) is 5.52. The number of hydrogen-bond donors (Lipinski definition) is 2. The standard InChI is InChI=1S/C10H18N2O3/c13-7-9-6-12(3-4-15-9)5-8-1-2-10(14)11-8/h8-9,13H,1-7H2,(H,11,14). The SMILES string of the molecule is O=C1CCC(CN2CCOC(CO)C2)N1. The minimum absolute atomic E-state index is 0.0594. The van der Waals surface area contributed by atoms with Gasteiger partial charge in [-0.3, -0.25) is 9.69 Å². The maximum absolute atomic E-state index is 11.0. The van der Waals surface area contributed by atoms with Gasteiger partial charge in [-0.15, -0.1) is 0 Å². The minimum atomic E-state index is -0.0594. The van der Waals surface area contributed by atoms with E-state index in [1.54, 1.807) is 0 Å². The molecule has 0 aromatic heterocycles. The Labute approximate surface area is 89.4 Å². The summed E-state index contributed by atoms with van der Waals surface area (Å²) in [5.74, 6) is 0.159. The largest absolute Gasteiger partial charge is 0.394 e. The van der Waals surface area contributed by atoms with E-state index in [2.05, 4.69) is 10.2 Å². The molecular formula is C10H18N2O3. The number of morpholine rings is 1. The number of ether oxygens (including phenoxy) is 1. The molecule has 5 nitrogen and oxygen atoms in total. The molecule has 2 heterocycles. The van der Waals surface area contributed by atoms with E-state index in [1.165, 1.54) is 0 Å². The molecule has 2 fully saturated rings. The molecule has 2 saturated heterocycles. The number of rotatable bonds is 3. The van der Waals surface area contributed by atoms with Crippen molar-refractivity contribution in [2.45, 2.75) is 25.0 Å². The lowest BCUT2D eigenvalue weighted by Crippen LogP contribution is -2.48. The number of amides is 1. The zero-order chi connectivity index (χ0) is 10.7. The van der Waals surface area contributed by atoms with E-state index in [9.17, 15) is 4.79 Å². The Kier molecular flexibility index (Phi) is 3.56. The summed E-state index contributed by atoms with van der Waals surface area (Å²) >= 11 is 0. The molecule has 0 radical (unpaired) electrons. The van der Waals surface area contributed by atoms with E-state index in [4.69, 9.17) is 9.84 Å². The van der Waals surface area contributed by atoms with Crippen LogP contribution in [0.15, 0.2) is 0 Å². The van der Waals surface area contributed by atoms with Gasteiger partial charge >= 0.3 is 0 Å². The summed E-state index contributed by atoms with van der Waals surface area (Å²) in [5, 5.41) is 11.9. The molecule has 5 heteroatoms. The number of carbonyl (C=O) groups excluding carboxylic acids is 1. The average molecular weight is 214 g/mol. The van der Waals surface area contributed by atoms with Crippen LogP contribution in [0, 0.1) is 0 Å². The van der Waals surface area contributed by atoms with Crippen molar-refractivity contribution in [2.24, 2.45) is 0 Å². The van der Waals surface area contributed by atoms with Gasteiger partial charge in [0.2, 0.25) is 5.91 Å². The van der Waals surface area contributed by atoms with Crippen LogP contribution in [-0.4, -0.2) is 60.9 Å². The average Bonchev–Trinajstić information content (AvgIpc) is 2.64. The van der Waals surface area contributed by atoms with Crippen molar-refractivity contribution >= 4 is 5.91 Å². The van der Waals surface area contributed by atoms with E-state index in [1.807, 2.05) is 0 Å². The lowest BCUT2D eigenvalue weighted by Gasteiger charge is -2.33. The van der Waals surface area contributed by atoms with Crippen molar-refractivity contribution in [3.05, 3.63) is 0 Å². The predicted octanol–water partition coefficient (Wildman–Crippen LogP) is -1.04. The number of nitrogens with zero attached hydrogens (tertiary/aromatic N) is 1. The van der Waals surface area contributed by atoms with Crippen LogP contribution in [0.4, 0.5) is 0 Å². The van der Waals surface area contributed by atoms with Gasteiger partial charge in [-0.2, -0.15) is 0 Å². The predicted molar refractivity (Wildman–Crippen MR) is 54.4 cm³/mol. The van der Waals surface area contributed by atoms with Crippen LogP contribution in [0.5, 0.6) is 0 Å². The molecule has 0 aromatic carbocycles. The second-order valence-electron chi connectivity index (χ2n) is 4.24. The fourth-order valence-corrected chi connectivity index (χ4v) is 2.18. The molecule has 2 aliphatic heterocycles. The van der Waals surface area contributed by atoms with Gasteiger partial charge in [-0.1, -0.05) is 0 Å². The summed E-state index contributed by atoms with van der Waals surface area (Å²) < 4.78 is 5.36. The molecule has 2 atom stereocenters. The van der Waals surface area contributed by atoms with E-state index < -0.39 is 0 Å². The number of aliphatic hydroxyl groups is 1. The third kappa shape index (κ3) is 2.90. The third-order valence-corrected chi connectivity index (χ3v) is 2.99. The highest BCUT2D eigenvalue weighted by atomic mass is 16.5. The normalized spacial score (nSPS) is 33.0. The Bertz CT molecular complexity index is 235. The van der Waals surface area contributed by atoms with Gasteiger partial charge in [0.05, 0.1) is 19.3 Å². The fourth-order valence-electron chi connectivity index (χ4n) is 2.18. The van der Waals surface area contributed by atoms with Crippen molar-refractivity contribution in [1.82, 2.24) is 10.2 Å². The van der Waals surface area contributed by atoms with Gasteiger partial charge in [0, 0.05) is 32.1 Å². The number of hydrogen-bond acceptors (Lipinski definition) is 4. The first kappa shape index (κ1) is 10.9. The Morgan fingerprint density at radius 3 is 3.13 bits per heavy atom. The van der Waals surface area contributed by atoms with Crippen molar-refractivity contribution in [2.75, 3.05) is 32.8 Å². The molecule has 86 valence electrons.